The molecule has 0 aliphatic rings. The molecule has 1 unspecified atom stereocenters. The third-order valence-corrected chi connectivity index (χ3v) is 5.01. The van der Waals surface area contributed by atoms with Crippen molar-refractivity contribution in [3.8, 4) is 0 Å². The Bertz CT molecular complexity index is 568. The van der Waals surface area contributed by atoms with Crippen molar-refractivity contribution in [2.45, 2.75) is 13.0 Å². The van der Waals surface area contributed by atoms with Crippen LogP contribution in [0, 0.1) is 0 Å². The summed E-state index contributed by atoms with van der Waals surface area (Å²) in [6.07, 6.45) is 0. The van der Waals surface area contributed by atoms with E-state index in [1.807, 2.05) is 31.1 Å². The Morgan fingerprint density at radius 1 is 1.32 bits per heavy atom. The van der Waals surface area contributed by atoms with Gasteiger partial charge in [0.15, 0.2) is 0 Å². The largest absolute Gasteiger partial charge is 0.378 e. The van der Waals surface area contributed by atoms with Crippen molar-refractivity contribution >= 4 is 50.2 Å². The second-order valence-electron chi connectivity index (χ2n) is 4.59. The number of rotatable bonds is 4. The predicted octanol–water partition coefficient (Wildman–Crippen LogP) is 5.40. The first kappa shape index (κ1) is 14.7. The Hall–Kier alpha value is -0.710. The molecular weight excluding hydrogens is 344 g/mol. The maximum Gasteiger partial charge on any atom is 0.0659 e. The highest BCUT2D eigenvalue weighted by Crippen LogP contribution is 2.31. The van der Waals surface area contributed by atoms with Crippen LogP contribution in [-0.2, 0) is 0 Å². The van der Waals surface area contributed by atoms with Crippen LogP contribution in [0.25, 0.3) is 0 Å². The second kappa shape index (κ2) is 6.16. The molecule has 0 aliphatic heterocycles. The molecule has 2 nitrogen and oxygen atoms in total. The standard InChI is InChI=1S/C14H16BrClN2S/c1-9(14-6-10(15)8-19-14)17-11-4-5-13(18(2)3)12(16)7-11/h4-9,17H,1-3H3. The van der Waals surface area contributed by atoms with E-state index in [9.17, 15) is 0 Å². The van der Waals surface area contributed by atoms with Gasteiger partial charge in [-0.1, -0.05) is 11.6 Å². The van der Waals surface area contributed by atoms with Crippen molar-refractivity contribution in [2.24, 2.45) is 0 Å². The van der Waals surface area contributed by atoms with Gasteiger partial charge in [-0.3, -0.25) is 0 Å². The van der Waals surface area contributed by atoms with Crippen LogP contribution in [0.3, 0.4) is 0 Å². The lowest BCUT2D eigenvalue weighted by Gasteiger charge is -2.18. The molecule has 0 aliphatic carbocycles. The smallest absolute Gasteiger partial charge is 0.0659 e. The van der Waals surface area contributed by atoms with Gasteiger partial charge < -0.3 is 10.2 Å². The fourth-order valence-corrected chi connectivity index (χ4v) is 3.64. The molecule has 1 heterocycles. The molecule has 1 N–H and O–H groups in total. The third-order valence-electron chi connectivity index (χ3n) is 2.83. The summed E-state index contributed by atoms with van der Waals surface area (Å²) < 4.78 is 1.13. The van der Waals surface area contributed by atoms with Crippen molar-refractivity contribution in [3.63, 3.8) is 0 Å². The highest BCUT2D eigenvalue weighted by Gasteiger charge is 2.09. The molecule has 2 rings (SSSR count). The number of hydrogen-bond acceptors (Lipinski definition) is 3. The third kappa shape index (κ3) is 3.65. The molecule has 1 aromatic heterocycles. The molecular formula is C14H16BrClN2S. The Labute approximate surface area is 131 Å². The molecule has 0 saturated heterocycles. The number of hydrogen-bond donors (Lipinski definition) is 1. The minimum Gasteiger partial charge on any atom is -0.378 e. The molecule has 0 radical (unpaired) electrons. The van der Waals surface area contributed by atoms with E-state index in [0.29, 0.717) is 0 Å². The van der Waals surface area contributed by atoms with Crippen LogP contribution in [0.5, 0.6) is 0 Å². The van der Waals surface area contributed by atoms with Crippen LogP contribution in [-0.4, -0.2) is 14.1 Å². The van der Waals surface area contributed by atoms with Crippen molar-refractivity contribution < 1.29 is 0 Å². The molecule has 0 amide bonds. The molecule has 0 spiro atoms. The van der Waals surface area contributed by atoms with Crippen molar-refractivity contribution in [1.82, 2.24) is 0 Å². The lowest BCUT2D eigenvalue weighted by atomic mass is 10.2. The Kier molecular flexibility index (Phi) is 4.76. The van der Waals surface area contributed by atoms with Crippen molar-refractivity contribution in [2.75, 3.05) is 24.3 Å². The van der Waals surface area contributed by atoms with Crippen LogP contribution < -0.4 is 10.2 Å². The summed E-state index contributed by atoms with van der Waals surface area (Å²) in [6, 6.07) is 8.45. The van der Waals surface area contributed by atoms with Crippen LogP contribution in [0.1, 0.15) is 17.8 Å². The fourth-order valence-electron chi connectivity index (χ4n) is 1.84. The van der Waals surface area contributed by atoms with E-state index in [-0.39, 0.29) is 6.04 Å². The molecule has 5 heteroatoms. The van der Waals surface area contributed by atoms with Gasteiger partial charge in [-0.15, -0.1) is 11.3 Å². The molecule has 1 aromatic carbocycles. The van der Waals surface area contributed by atoms with E-state index in [1.54, 1.807) is 11.3 Å². The number of halogens is 2. The summed E-state index contributed by atoms with van der Waals surface area (Å²) in [5.41, 5.74) is 2.06. The van der Waals surface area contributed by atoms with Crippen LogP contribution in [0.4, 0.5) is 11.4 Å². The lowest BCUT2D eigenvalue weighted by Crippen LogP contribution is -2.10. The monoisotopic (exact) mass is 358 g/mol. The first-order chi connectivity index (χ1) is 8.97. The summed E-state index contributed by atoms with van der Waals surface area (Å²) in [4.78, 5) is 3.30. The van der Waals surface area contributed by atoms with Gasteiger partial charge >= 0.3 is 0 Å². The first-order valence-electron chi connectivity index (χ1n) is 5.94. The normalized spacial score (nSPS) is 12.3. The van der Waals surface area contributed by atoms with E-state index in [1.165, 1.54) is 4.88 Å². The molecule has 0 saturated carbocycles. The van der Waals surface area contributed by atoms with Gasteiger partial charge in [0.25, 0.3) is 0 Å². The number of nitrogens with one attached hydrogen (secondary N) is 1. The average molecular weight is 360 g/mol. The van der Waals surface area contributed by atoms with E-state index in [0.717, 1.165) is 20.9 Å². The Morgan fingerprint density at radius 2 is 2.05 bits per heavy atom. The summed E-state index contributed by atoms with van der Waals surface area (Å²) in [6.45, 7) is 2.14. The minimum atomic E-state index is 0.262. The molecule has 2 aromatic rings. The van der Waals surface area contributed by atoms with Crippen molar-refractivity contribution in [1.29, 1.82) is 0 Å². The summed E-state index contributed by atoms with van der Waals surface area (Å²) >= 11 is 11.5. The molecule has 1 atom stereocenters. The fraction of sp³-hybridized carbons (Fsp3) is 0.286. The summed E-state index contributed by atoms with van der Waals surface area (Å²) in [5, 5.41) is 6.32. The molecule has 19 heavy (non-hydrogen) atoms. The molecule has 0 bridgehead atoms. The van der Waals surface area contributed by atoms with Gasteiger partial charge in [0, 0.05) is 34.5 Å². The molecule has 102 valence electrons. The maximum atomic E-state index is 6.27. The zero-order valence-electron chi connectivity index (χ0n) is 11.1. The summed E-state index contributed by atoms with van der Waals surface area (Å²) in [5.74, 6) is 0. The van der Waals surface area contributed by atoms with Gasteiger partial charge in [-0.25, -0.2) is 0 Å². The van der Waals surface area contributed by atoms with Gasteiger partial charge in [0.05, 0.1) is 16.8 Å². The quantitative estimate of drug-likeness (QED) is 0.786. The minimum absolute atomic E-state index is 0.262. The van der Waals surface area contributed by atoms with Gasteiger partial charge in [-0.2, -0.15) is 0 Å². The van der Waals surface area contributed by atoms with E-state index >= 15 is 0 Å². The van der Waals surface area contributed by atoms with Crippen LogP contribution in [0.15, 0.2) is 34.1 Å². The zero-order chi connectivity index (χ0) is 14.0. The van der Waals surface area contributed by atoms with Crippen LogP contribution >= 0.6 is 38.9 Å². The molecule has 0 fully saturated rings. The second-order valence-corrected chi connectivity index (χ2v) is 6.86. The van der Waals surface area contributed by atoms with Crippen LogP contribution in [0.2, 0.25) is 5.02 Å². The lowest BCUT2D eigenvalue weighted by molar-refractivity contribution is 0.907. The van der Waals surface area contributed by atoms with E-state index in [2.05, 4.69) is 45.7 Å². The van der Waals surface area contributed by atoms with E-state index in [4.69, 9.17) is 11.6 Å². The predicted molar refractivity (Wildman–Crippen MR) is 89.8 cm³/mol. The Morgan fingerprint density at radius 3 is 2.58 bits per heavy atom. The number of benzene rings is 1. The number of thiophene rings is 1. The Balaban J connectivity index is 2.13. The number of anilines is 2. The topological polar surface area (TPSA) is 15.3 Å². The zero-order valence-corrected chi connectivity index (χ0v) is 14.2. The summed E-state index contributed by atoms with van der Waals surface area (Å²) in [7, 11) is 3.97. The van der Waals surface area contributed by atoms with Gasteiger partial charge in [0.2, 0.25) is 0 Å². The highest BCUT2D eigenvalue weighted by atomic mass is 79.9. The average Bonchev–Trinajstić information content (AvgIpc) is 2.75. The highest BCUT2D eigenvalue weighted by molar-refractivity contribution is 9.10. The first-order valence-corrected chi connectivity index (χ1v) is 8.00. The SMILES string of the molecule is CC(Nc1ccc(N(C)C)c(Cl)c1)c1cc(Br)cs1. The van der Waals surface area contributed by atoms with Gasteiger partial charge in [-0.05, 0) is 47.1 Å². The number of nitrogens with zero attached hydrogens (tertiary/aromatic N) is 1. The van der Waals surface area contributed by atoms with Gasteiger partial charge in [0.1, 0.15) is 0 Å². The van der Waals surface area contributed by atoms with Crippen molar-refractivity contribution in [3.05, 3.63) is 44.0 Å². The van der Waals surface area contributed by atoms with E-state index < -0.39 is 0 Å². The maximum absolute atomic E-state index is 6.27.